The first kappa shape index (κ1) is 19.5. The molecule has 1 saturated heterocycles. The highest BCUT2D eigenvalue weighted by Crippen LogP contribution is 2.17. The summed E-state index contributed by atoms with van der Waals surface area (Å²) in [6.45, 7) is 3.89. The number of hydrogen-bond acceptors (Lipinski definition) is 3. The Balaban J connectivity index is 1.56. The van der Waals surface area contributed by atoms with E-state index < -0.39 is 5.82 Å². The van der Waals surface area contributed by atoms with E-state index in [9.17, 15) is 14.0 Å². The van der Waals surface area contributed by atoms with Crippen molar-refractivity contribution in [1.82, 2.24) is 9.80 Å². The second-order valence-electron chi connectivity index (χ2n) is 6.48. The number of anilines is 1. The minimum Gasteiger partial charge on any atom is -0.336 e. The first-order valence-electron chi connectivity index (χ1n) is 8.80. The summed E-state index contributed by atoms with van der Waals surface area (Å²) >= 11 is 3.38. The molecule has 1 N–H and O–H groups in total. The van der Waals surface area contributed by atoms with Crippen LogP contribution in [0.5, 0.6) is 0 Å². The normalized spacial score (nSPS) is 16.0. The number of piperazine rings is 1. The van der Waals surface area contributed by atoms with Gasteiger partial charge < -0.3 is 10.2 Å². The molecule has 7 heteroatoms. The molecule has 1 fully saturated rings. The Morgan fingerprint density at radius 1 is 1.07 bits per heavy atom. The molecule has 2 amide bonds. The minimum absolute atomic E-state index is 0.0893. The molecule has 0 radical (unpaired) electrons. The maximum absolute atomic E-state index is 13.8. The lowest BCUT2D eigenvalue weighted by atomic mass is 10.1. The summed E-state index contributed by atoms with van der Waals surface area (Å²) in [5.74, 6) is -0.910. The molecule has 2 aromatic rings. The molecule has 1 aliphatic heterocycles. The Kier molecular flexibility index (Phi) is 6.23. The predicted molar refractivity (Wildman–Crippen MR) is 106 cm³/mol. The van der Waals surface area contributed by atoms with Gasteiger partial charge in [0.05, 0.1) is 11.6 Å². The lowest BCUT2D eigenvalue weighted by molar-refractivity contribution is -0.121. The zero-order valence-corrected chi connectivity index (χ0v) is 16.6. The van der Waals surface area contributed by atoms with Crippen LogP contribution in [0.4, 0.5) is 10.1 Å². The van der Waals surface area contributed by atoms with Crippen LogP contribution >= 0.6 is 15.9 Å². The quantitative estimate of drug-likeness (QED) is 0.803. The van der Waals surface area contributed by atoms with Crippen LogP contribution in [0.25, 0.3) is 0 Å². The Bertz CT molecular complexity index is 837. The van der Waals surface area contributed by atoms with Gasteiger partial charge in [0, 0.05) is 36.3 Å². The molecule has 27 heavy (non-hydrogen) atoms. The van der Waals surface area contributed by atoms with Crippen LogP contribution in [0.15, 0.2) is 53.0 Å². The molecule has 1 heterocycles. The van der Waals surface area contributed by atoms with E-state index in [1.807, 2.05) is 36.1 Å². The van der Waals surface area contributed by atoms with E-state index in [0.717, 1.165) is 10.2 Å². The van der Waals surface area contributed by atoms with Crippen molar-refractivity contribution in [1.29, 1.82) is 0 Å². The lowest BCUT2D eigenvalue weighted by Gasteiger charge is -2.37. The largest absolute Gasteiger partial charge is 0.336 e. The van der Waals surface area contributed by atoms with Crippen molar-refractivity contribution in [2.75, 3.05) is 31.5 Å². The molecule has 5 nitrogen and oxygen atoms in total. The summed E-state index contributed by atoms with van der Waals surface area (Å²) in [5, 5.41) is 2.91. The van der Waals surface area contributed by atoms with Crippen molar-refractivity contribution in [3.63, 3.8) is 0 Å². The van der Waals surface area contributed by atoms with E-state index in [-0.39, 0.29) is 23.4 Å². The average molecular weight is 434 g/mol. The maximum Gasteiger partial charge on any atom is 0.256 e. The van der Waals surface area contributed by atoms with Crippen molar-refractivity contribution in [3.8, 4) is 0 Å². The standard InChI is InChI=1S/C20H21BrFN3O2/c1-14(19(26)23-16-6-4-5-15(21)13-16)24-9-11-25(12-10-24)20(27)17-7-2-3-8-18(17)22/h2-8,13-14H,9-12H2,1H3,(H,23,26). The van der Waals surface area contributed by atoms with E-state index >= 15 is 0 Å². The molecule has 3 rings (SSSR count). The minimum atomic E-state index is -0.508. The second-order valence-corrected chi connectivity index (χ2v) is 7.40. The van der Waals surface area contributed by atoms with E-state index in [0.29, 0.717) is 26.2 Å². The maximum atomic E-state index is 13.8. The number of benzene rings is 2. The molecule has 1 atom stereocenters. The number of nitrogens with one attached hydrogen (secondary N) is 1. The number of halogens is 2. The molecular formula is C20H21BrFN3O2. The molecular weight excluding hydrogens is 413 g/mol. The number of rotatable bonds is 4. The van der Waals surface area contributed by atoms with E-state index in [2.05, 4.69) is 21.2 Å². The highest BCUT2D eigenvalue weighted by Gasteiger charge is 2.28. The predicted octanol–water partition coefficient (Wildman–Crippen LogP) is 3.37. The third kappa shape index (κ3) is 4.73. The molecule has 0 bridgehead atoms. The Hall–Kier alpha value is -2.25. The van der Waals surface area contributed by atoms with E-state index in [1.165, 1.54) is 12.1 Å². The molecule has 0 saturated carbocycles. The van der Waals surface area contributed by atoms with Crippen LogP contribution in [0.3, 0.4) is 0 Å². The van der Waals surface area contributed by atoms with Gasteiger partial charge in [-0.1, -0.05) is 34.1 Å². The number of carbonyl (C=O) groups excluding carboxylic acids is 2. The molecule has 1 aliphatic rings. The third-order valence-electron chi connectivity index (χ3n) is 4.73. The van der Waals surface area contributed by atoms with Gasteiger partial charge in [0.2, 0.25) is 5.91 Å². The summed E-state index contributed by atoms with van der Waals surface area (Å²) in [4.78, 5) is 28.7. The van der Waals surface area contributed by atoms with Gasteiger partial charge in [-0.3, -0.25) is 14.5 Å². The number of hydrogen-bond donors (Lipinski definition) is 1. The van der Waals surface area contributed by atoms with Crippen LogP contribution in [-0.4, -0.2) is 53.8 Å². The Morgan fingerprint density at radius 2 is 1.78 bits per heavy atom. The van der Waals surface area contributed by atoms with Gasteiger partial charge in [0.1, 0.15) is 5.82 Å². The van der Waals surface area contributed by atoms with Crippen molar-refractivity contribution in [2.45, 2.75) is 13.0 Å². The summed E-state index contributed by atoms with van der Waals surface area (Å²) in [5.41, 5.74) is 0.820. The van der Waals surface area contributed by atoms with Gasteiger partial charge in [-0.05, 0) is 37.3 Å². The zero-order valence-electron chi connectivity index (χ0n) is 15.0. The smallest absolute Gasteiger partial charge is 0.256 e. The van der Waals surface area contributed by atoms with Crippen LogP contribution in [0.1, 0.15) is 17.3 Å². The van der Waals surface area contributed by atoms with Gasteiger partial charge in [0.25, 0.3) is 5.91 Å². The lowest BCUT2D eigenvalue weighted by Crippen LogP contribution is -2.54. The Morgan fingerprint density at radius 3 is 2.44 bits per heavy atom. The van der Waals surface area contributed by atoms with Crippen LogP contribution in [-0.2, 0) is 4.79 Å². The monoisotopic (exact) mass is 433 g/mol. The van der Waals surface area contributed by atoms with Gasteiger partial charge in [-0.15, -0.1) is 0 Å². The zero-order chi connectivity index (χ0) is 19.4. The SMILES string of the molecule is CC(C(=O)Nc1cccc(Br)c1)N1CCN(C(=O)c2ccccc2F)CC1. The van der Waals surface area contributed by atoms with Crippen LogP contribution in [0, 0.1) is 5.82 Å². The Labute approximate surface area is 166 Å². The van der Waals surface area contributed by atoms with Crippen molar-refractivity contribution in [2.24, 2.45) is 0 Å². The number of nitrogens with zero attached hydrogens (tertiary/aromatic N) is 2. The summed E-state index contributed by atoms with van der Waals surface area (Å²) < 4.78 is 14.7. The van der Waals surface area contributed by atoms with Gasteiger partial charge in [0.15, 0.2) is 0 Å². The number of amides is 2. The summed E-state index contributed by atoms with van der Waals surface area (Å²) in [7, 11) is 0. The highest BCUT2D eigenvalue weighted by molar-refractivity contribution is 9.10. The molecule has 1 unspecified atom stereocenters. The number of carbonyl (C=O) groups is 2. The fourth-order valence-electron chi connectivity index (χ4n) is 3.10. The van der Waals surface area contributed by atoms with Gasteiger partial charge in [-0.25, -0.2) is 4.39 Å². The molecule has 0 spiro atoms. The third-order valence-corrected chi connectivity index (χ3v) is 5.22. The molecule has 0 aromatic heterocycles. The molecule has 2 aromatic carbocycles. The van der Waals surface area contributed by atoms with Crippen molar-refractivity contribution < 1.29 is 14.0 Å². The van der Waals surface area contributed by atoms with Gasteiger partial charge in [-0.2, -0.15) is 0 Å². The fraction of sp³-hybridized carbons (Fsp3) is 0.300. The molecule has 0 aliphatic carbocycles. The van der Waals surface area contributed by atoms with Crippen LogP contribution in [0.2, 0.25) is 0 Å². The second kappa shape index (κ2) is 8.63. The van der Waals surface area contributed by atoms with E-state index in [1.54, 1.807) is 17.0 Å². The van der Waals surface area contributed by atoms with Crippen molar-refractivity contribution >= 4 is 33.4 Å². The molecule has 142 valence electrons. The average Bonchev–Trinajstić information content (AvgIpc) is 2.67. The topological polar surface area (TPSA) is 52.7 Å². The van der Waals surface area contributed by atoms with E-state index in [4.69, 9.17) is 0 Å². The van der Waals surface area contributed by atoms with Gasteiger partial charge >= 0.3 is 0 Å². The fourth-order valence-corrected chi connectivity index (χ4v) is 3.50. The highest BCUT2D eigenvalue weighted by atomic mass is 79.9. The van der Waals surface area contributed by atoms with Crippen molar-refractivity contribution in [3.05, 3.63) is 64.4 Å². The first-order chi connectivity index (χ1) is 13.0. The first-order valence-corrected chi connectivity index (χ1v) is 9.59. The summed E-state index contributed by atoms with van der Waals surface area (Å²) in [6, 6.07) is 13.1. The summed E-state index contributed by atoms with van der Waals surface area (Å²) in [6.07, 6.45) is 0. The van der Waals surface area contributed by atoms with Crippen LogP contribution < -0.4 is 5.32 Å².